The first kappa shape index (κ1) is 8.72. The molecule has 0 amide bonds. The van der Waals surface area contributed by atoms with Crippen LogP contribution in [0, 0.1) is 0 Å². The van der Waals surface area contributed by atoms with Crippen LogP contribution in [0.25, 0.3) is 0 Å². The van der Waals surface area contributed by atoms with E-state index in [1.807, 2.05) is 0 Å². The number of carbonyl (C=O) groups excluding carboxylic acids is 1. The van der Waals surface area contributed by atoms with Gasteiger partial charge < -0.3 is 0 Å². The molecule has 1 atom stereocenters. The van der Waals surface area contributed by atoms with Crippen LogP contribution in [0.1, 0.15) is 33.1 Å². The Labute approximate surface area is 68.6 Å². The molecule has 0 saturated carbocycles. The van der Waals surface area contributed by atoms with Gasteiger partial charge in [-0.3, -0.25) is 9.69 Å². The molecule has 0 aromatic carbocycles. The van der Waals surface area contributed by atoms with Gasteiger partial charge >= 0.3 is 0 Å². The summed E-state index contributed by atoms with van der Waals surface area (Å²) in [4.78, 5) is 13.3. The Kier molecular flexibility index (Phi) is 3.06. The van der Waals surface area contributed by atoms with Crippen LogP contribution in [0.3, 0.4) is 0 Å². The van der Waals surface area contributed by atoms with Gasteiger partial charge in [-0.05, 0) is 13.3 Å². The van der Waals surface area contributed by atoms with E-state index in [0.29, 0.717) is 11.8 Å². The molecule has 1 aliphatic heterocycles. The molecule has 1 rings (SSSR count). The highest BCUT2D eigenvalue weighted by Gasteiger charge is 2.18. The van der Waals surface area contributed by atoms with E-state index in [4.69, 9.17) is 0 Å². The number of piperidine rings is 1. The van der Waals surface area contributed by atoms with Crippen LogP contribution in [0.4, 0.5) is 0 Å². The Morgan fingerprint density at radius 1 is 1.45 bits per heavy atom. The zero-order chi connectivity index (χ0) is 8.27. The number of hydrogen-bond acceptors (Lipinski definition) is 2. The van der Waals surface area contributed by atoms with Crippen molar-refractivity contribution in [1.29, 1.82) is 0 Å². The summed E-state index contributed by atoms with van der Waals surface area (Å²) in [5, 5.41) is 0. The number of ketones is 1. The van der Waals surface area contributed by atoms with Gasteiger partial charge in [0.15, 0.2) is 0 Å². The molecular weight excluding hydrogens is 138 g/mol. The van der Waals surface area contributed by atoms with Crippen LogP contribution in [-0.4, -0.2) is 29.8 Å². The van der Waals surface area contributed by atoms with Crippen molar-refractivity contribution in [2.45, 2.75) is 39.2 Å². The van der Waals surface area contributed by atoms with E-state index in [0.717, 1.165) is 25.9 Å². The maximum Gasteiger partial charge on any atom is 0.135 e. The predicted molar refractivity (Wildman–Crippen MR) is 45.6 cm³/mol. The highest BCUT2D eigenvalue weighted by Crippen LogP contribution is 2.11. The molecule has 1 fully saturated rings. The Morgan fingerprint density at radius 2 is 2.00 bits per heavy atom. The third-order valence-corrected chi connectivity index (χ3v) is 2.57. The fourth-order valence-corrected chi connectivity index (χ4v) is 1.47. The van der Waals surface area contributed by atoms with Crippen LogP contribution in [0.15, 0.2) is 0 Å². The summed E-state index contributed by atoms with van der Waals surface area (Å²) in [6, 6.07) is 0.656. The molecule has 0 aliphatic carbocycles. The van der Waals surface area contributed by atoms with Gasteiger partial charge in [0.1, 0.15) is 5.78 Å². The van der Waals surface area contributed by atoms with Crippen LogP contribution in [-0.2, 0) is 4.79 Å². The molecule has 0 aromatic rings. The predicted octanol–water partition coefficient (Wildman–Crippen LogP) is 1.45. The summed E-state index contributed by atoms with van der Waals surface area (Å²) in [6.07, 6.45) is 2.73. The molecule has 1 aliphatic rings. The summed E-state index contributed by atoms with van der Waals surface area (Å²) in [5.41, 5.74) is 0. The maximum atomic E-state index is 10.9. The van der Waals surface area contributed by atoms with Gasteiger partial charge in [0.05, 0.1) is 0 Å². The minimum atomic E-state index is 0.435. The first-order valence-electron chi connectivity index (χ1n) is 4.49. The molecule has 1 heterocycles. The Morgan fingerprint density at radius 3 is 2.45 bits per heavy atom. The molecule has 0 radical (unpaired) electrons. The fourth-order valence-electron chi connectivity index (χ4n) is 1.47. The van der Waals surface area contributed by atoms with E-state index in [1.54, 1.807) is 0 Å². The molecule has 0 N–H and O–H groups in total. The van der Waals surface area contributed by atoms with E-state index in [2.05, 4.69) is 18.7 Å². The molecule has 1 saturated heterocycles. The summed E-state index contributed by atoms with van der Waals surface area (Å²) >= 11 is 0. The second-order valence-electron chi connectivity index (χ2n) is 3.33. The highest BCUT2D eigenvalue weighted by atomic mass is 16.1. The lowest BCUT2D eigenvalue weighted by molar-refractivity contribution is -0.121. The SMILES string of the molecule is CCC(C)N1CCC(=O)CC1. The molecular formula is C9H17NO. The molecule has 2 heteroatoms. The number of carbonyl (C=O) groups is 1. The number of likely N-dealkylation sites (tertiary alicyclic amines) is 1. The van der Waals surface area contributed by atoms with E-state index in [9.17, 15) is 4.79 Å². The summed E-state index contributed by atoms with van der Waals surface area (Å²) in [5.74, 6) is 0.435. The van der Waals surface area contributed by atoms with E-state index in [-0.39, 0.29) is 0 Å². The van der Waals surface area contributed by atoms with Crippen molar-refractivity contribution in [3.8, 4) is 0 Å². The van der Waals surface area contributed by atoms with Crippen molar-refractivity contribution >= 4 is 5.78 Å². The number of hydrogen-bond donors (Lipinski definition) is 0. The first-order chi connectivity index (χ1) is 5.24. The number of Topliss-reactive ketones (excluding diaryl/α,β-unsaturated/α-hetero) is 1. The smallest absolute Gasteiger partial charge is 0.135 e. The largest absolute Gasteiger partial charge is 0.300 e. The van der Waals surface area contributed by atoms with Gasteiger partial charge in [-0.25, -0.2) is 0 Å². The van der Waals surface area contributed by atoms with E-state index in [1.165, 1.54) is 6.42 Å². The first-order valence-corrected chi connectivity index (χ1v) is 4.49. The second kappa shape index (κ2) is 3.86. The maximum absolute atomic E-state index is 10.9. The van der Waals surface area contributed by atoms with Gasteiger partial charge in [0.25, 0.3) is 0 Å². The average molecular weight is 155 g/mol. The average Bonchev–Trinajstić information content (AvgIpc) is 2.05. The van der Waals surface area contributed by atoms with E-state index < -0.39 is 0 Å². The summed E-state index contributed by atoms with van der Waals surface area (Å²) < 4.78 is 0. The van der Waals surface area contributed by atoms with Crippen LogP contribution < -0.4 is 0 Å². The highest BCUT2D eigenvalue weighted by molar-refractivity contribution is 5.79. The van der Waals surface area contributed by atoms with Gasteiger partial charge in [0, 0.05) is 32.0 Å². The third-order valence-electron chi connectivity index (χ3n) is 2.57. The molecule has 64 valence electrons. The second-order valence-corrected chi connectivity index (χ2v) is 3.33. The van der Waals surface area contributed by atoms with Crippen molar-refractivity contribution in [3.63, 3.8) is 0 Å². The van der Waals surface area contributed by atoms with Crippen molar-refractivity contribution in [1.82, 2.24) is 4.90 Å². The minimum Gasteiger partial charge on any atom is -0.300 e. The van der Waals surface area contributed by atoms with Gasteiger partial charge in [0.2, 0.25) is 0 Å². The summed E-state index contributed by atoms with van der Waals surface area (Å²) in [6.45, 7) is 6.39. The third kappa shape index (κ3) is 2.29. The van der Waals surface area contributed by atoms with Crippen molar-refractivity contribution < 1.29 is 4.79 Å². The molecule has 0 aromatic heterocycles. The van der Waals surface area contributed by atoms with E-state index >= 15 is 0 Å². The van der Waals surface area contributed by atoms with Crippen LogP contribution in [0.5, 0.6) is 0 Å². The normalized spacial score (nSPS) is 23.6. The monoisotopic (exact) mass is 155 g/mol. The molecule has 0 bridgehead atoms. The van der Waals surface area contributed by atoms with Crippen molar-refractivity contribution in [3.05, 3.63) is 0 Å². The lowest BCUT2D eigenvalue weighted by Gasteiger charge is -2.30. The summed E-state index contributed by atoms with van der Waals surface area (Å²) in [7, 11) is 0. The minimum absolute atomic E-state index is 0.435. The van der Waals surface area contributed by atoms with Crippen LogP contribution in [0.2, 0.25) is 0 Å². The Balaban J connectivity index is 2.32. The lowest BCUT2D eigenvalue weighted by atomic mass is 10.1. The van der Waals surface area contributed by atoms with Gasteiger partial charge in [-0.2, -0.15) is 0 Å². The van der Waals surface area contributed by atoms with Crippen molar-refractivity contribution in [2.75, 3.05) is 13.1 Å². The quantitative estimate of drug-likeness (QED) is 0.601. The van der Waals surface area contributed by atoms with Crippen LogP contribution >= 0.6 is 0 Å². The number of nitrogens with zero attached hydrogens (tertiary/aromatic N) is 1. The zero-order valence-electron chi connectivity index (χ0n) is 7.47. The van der Waals surface area contributed by atoms with Gasteiger partial charge in [-0.1, -0.05) is 6.92 Å². The fraction of sp³-hybridized carbons (Fsp3) is 0.889. The Hall–Kier alpha value is -0.370. The Bertz CT molecular complexity index is 134. The topological polar surface area (TPSA) is 20.3 Å². The lowest BCUT2D eigenvalue weighted by Crippen LogP contribution is -2.39. The van der Waals surface area contributed by atoms with Crippen molar-refractivity contribution in [2.24, 2.45) is 0 Å². The molecule has 0 spiro atoms. The standard InChI is InChI=1S/C9H17NO/c1-3-8(2)10-6-4-9(11)5-7-10/h8H,3-7H2,1-2H3. The van der Waals surface area contributed by atoms with Gasteiger partial charge in [-0.15, -0.1) is 0 Å². The zero-order valence-corrected chi connectivity index (χ0v) is 7.47. The molecule has 2 nitrogen and oxygen atoms in total. The molecule has 1 unspecified atom stereocenters. The number of rotatable bonds is 2. The molecule has 11 heavy (non-hydrogen) atoms.